The number of benzene rings is 1. The molecule has 1 aromatic carbocycles. The number of anilines is 1. The molecule has 4 rings (SSSR count). The Kier molecular flexibility index (Phi) is 5.37. The van der Waals surface area contributed by atoms with Crippen LogP contribution >= 0.6 is 0 Å². The molecule has 0 bridgehead atoms. The van der Waals surface area contributed by atoms with Crippen molar-refractivity contribution in [2.24, 2.45) is 5.92 Å². The number of amides is 1. The van der Waals surface area contributed by atoms with Crippen LogP contribution in [0.1, 0.15) is 55.3 Å². The molecule has 0 spiro atoms. The average molecular weight is 364 g/mol. The van der Waals surface area contributed by atoms with Crippen molar-refractivity contribution in [2.45, 2.75) is 51.0 Å². The van der Waals surface area contributed by atoms with Gasteiger partial charge in [0, 0.05) is 31.4 Å². The Morgan fingerprint density at radius 1 is 1.11 bits per heavy atom. The average Bonchev–Trinajstić information content (AvgIpc) is 3.57. The predicted molar refractivity (Wildman–Crippen MR) is 108 cm³/mol. The molecule has 27 heavy (non-hydrogen) atoms. The van der Waals surface area contributed by atoms with E-state index in [0.717, 1.165) is 30.8 Å². The smallest absolute Gasteiger partial charge is 0.256 e. The number of aromatic nitrogens is 2. The van der Waals surface area contributed by atoms with Gasteiger partial charge in [-0.25, -0.2) is 9.97 Å². The van der Waals surface area contributed by atoms with Crippen LogP contribution in [0.4, 0.5) is 5.82 Å². The first-order valence-electron chi connectivity index (χ1n) is 10.2. The largest absolute Gasteiger partial charge is 0.356 e. The quantitative estimate of drug-likeness (QED) is 0.840. The monoisotopic (exact) mass is 364 g/mol. The van der Waals surface area contributed by atoms with Crippen molar-refractivity contribution >= 4 is 11.7 Å². The van der Waals surface area contributed by atoms with E-state index < -0.39 is 0 Å². The van der Waals surface area contributed by atoms with Crippen LogP contribution in [0.25, 0.3) is 11.4 Å². The van der Waals surface area contributed by atoms with Crippen LogP contribution in [0, 0.1) is 5.92 Å². The van der Waals surface area contributed by atoms with Crippen molar-refractivity contribution in [1.29, 1.82) is 0 Å². The summed E-state index contributed by atoms with van der Waals surface area (Å²) in [6, 6.07) is 10.4. The standard InChI is InChI=1S/C22H28N4O/c1-26(18-10-6-3-7-11-18)21-19(22(27)24-14-16-12-13-16)15-23-20(25-21)17-8-4-2-5-9-17/h2,4-5,8-9,15-16,18H,3,6-7,10-14H2,1H3,(H,24,27). The van der Waals surface area contributed by atoms with Gasteiger partial charge in [0.25, 0.3) is 5.91 Å². The molecule has 2 aliphatic rings. The van der Waals surface area contributed by atoms with Crippen LogP contribution in [0.15, 0.2) is 36.5 Å². The third-order valence-electron chi connectivity index (χ3n) is 5.75. The Balaban J connectivity index is 1.64. The molecule has 5 heteroatoms. The van der Waals surface area contributed by atoms with Crippen molar-refractivity contribution < 1.29 is 4.79 Å². The summed E-state index contributed by atoms with van der Waals surface area (Å²) in [6.45, 7) is 0.756. The highest BCUT2D eigenvalue weighted by Gasteiger charge is 2.26. The second-order valence-electron chi connectivity index (χ2n) is 7.85. The molecule has 0 saturated heterocycles. The van der Waals surface area contributed by atoms with Crippen LogP contribution in [0.5, 0.6) is 0 Å². The van der Waals surface area contributed by atoms with E-state index in [1.165, 1.54) is 32.1 Å². The topological polar surface area (TPSA) is 58.1 Å². The van der Waals surface area contributed by atoms with E-state index >= 15 is 0 Å². The number of carbonyl (C=O) groups is 1. The molecule has 0 unspecified atom stereocenters. The number of hydrogen-bond acceptors (Lipinski definition) is 4. The van der Waals surface area contributed by atoms with Gasteiger partial charge in [-0.2, -0.15) is 0 Å². The maximum absolute atomic E-state index is 12.8. The van der Waals surface area contributed by atoms with Gasteiger partial charge in [-0.1, -0.05) is 49.6 Å². The van der Waals surface area contributed by atoms with Crippen molar-refractivity contribution in [2.75, 3.05) is 18.5 Å². The molecule has 0 atom stereocenters. The predicted octanol–water partition coefficient (Wildman–Crippen LogP) is 4.05. The van der Waals surface area contributed by atoms with Gasteiger partial charge in [0.1, 0.15) is 11.4 Å². The normalized spacial score (nSPS) is 17.5. The number of rotatable bonds is 6. The zero-order valence-corrected chi connectivity index (χ0v) is 16.0. The maximum atomic E-state index is 12.8. The number of carbonyl (C=O) groups excluding carboxylic acids is 1. The van der Waals surface area contributed by atoms with Gasteiger partial charge < -0.3 is 10.2 Å². The summed E-state index contributed by atoms with van der Waals surface area (Å²) in [5, 5.41) is 3.07. The maximum Gasteiger partial charge on any atom is 0.256 e. The van der Waals surface area contributed by atoms with Crippen LogP contribution in [0.3, 0.4) is 0 Å². The second kappa shape index (κ2) is 8.07. The Morgan fingerprint density at radius 3 is 2.56 bits per heavy atom. The fourth-order valence-electron chi connectivity index (χ4n) is 3.82. The molecule has 0 radical (unpaired) electrons. The van der Waals surface area contributed by atoms with E-state index in [1.807, 2.05) is 30.3 Å². The lowest BCUT2D eigenvalue weighted by Crippen LogP contribution is -2.36. The van der Waals surface area contributed by atoms with E-state index in [0.29, 0.717) is 23.3 Å². The molecule has 1 amide bonds. The van der Waals surface area contributed by atoms with Gasteiger partial charge in [0.15, 0.2) is 5.82 Å². The fourth-order valence-corrected chi connectivity index (χ4v) is 3.82. The molecule has 2 saturated carbocycles. The lowest BCUT2D eigenvalue weighted by atomic mass is 9.94. The summed E-state index contributed by atoms with van der Waals surface area (Å²) in [6.07, 6.45) is 10.2. The van der Waals surface area contributed by atoms with Gasteiger partial charge in [0.2, 0.25) is 0 Å². The van der Waals surface area contributed by atoms with E-state index in [9.17, 15) is 4.79 Å². The second-order valence-corrected chi connectivity index (χ2v) is 7.85. The molecule has 2 aliphatic carbocycles. The van der Waals surface area contributed by atoms with Crippen molar-refractivity contribution in [3.8, 4) is 11.4 Å². The highest BCUT2D eigenvalue weighted by Crippen LogP contribution is 2.30. The molecule has 1 N–H and O–H groups in total. The zero-order chi connectivity index (χ0) is 18.6. The zero-order valence-electron chi connectivity index (χ0n) is 16.0. The molecule has 1 aromatic heterocycles. The first-order chi connectivity index (χ1) is 13.2. The van der Waals surface area contributed by atoms with Crippen LogP contribution in [-0.4, -0.2) is 35.5 Å². The van der Waals surface area contributed by atoms with Gasteiger partial charge in [-0.05, 0) is 31.6 Å². The molecule has 5 nitrogen and oxygen atoms in total. The minimum Gasteiger partial charge on any atom is -0.356 e. The Hall–Kier alpha value is -2.43. The third-order valence-corrected chi connectivity index (χ3v) is 5.75. The summed E-state index contributed by atoms with van der Waals surface area (Å²) in [5.74, 6) is 2.02. The molecule has 2 fully saturated rings. The van der Waals surface area contributed by atoms with Crippen LogP contribution in [-0.2, 0) is 0 Å². The summed E-state index contributed by atoms with van der Waals surface area (Å²) < 4.78 is 0. The molecular weight excluding hydrogens is 336 g/mol. The van der Waals surface area contributed by atoms with E-state index in [2.05, 4.69) is 22.2 Å². The van der Waals surface area contributed by atoms with E-state index in [-0.39, 0.29) is 5.91 Å². The van der Waals surface area contributed by atoms with Crippen LogP contribution < -0.4 is 10.2 Å². The van der Waals surface area contributed by atoms with Crippen molar-refractivity contribution in [3.63, 3.8) is 0 Å². The summed E-state index contributed by atoms with van der Waals surface area (Å²) in [5.41, 5.74) is 1.56. The highest BCUT2D eigenvalue weighted by atomic mass is 16.1. The van der Waals surface area contributed by atoms with Crippen LogP contribution in [0.2, 0.25) is 0 Å². The minimum absolute atomic E-state index is 0.0563. The number of nitrogens with one attached hydrogen (secondary N) is 1. The Morgan fingerprint density at radius 2 is 1.85 bits per heavy atom. The summed E-state index contributed by atoms with van der Waals surface area (Å²) in [4.78, 5) is 24.4. The summed E-state index contributed by atoms with van der Waals surface area (Å²) >= 11 is 0. The van der Waals surface area contributed by atoms with Crippen molar-refractivity contribution in [1.82, 2.24) is 15.3 Å². The molecule has 1 heterocycles. The first kappa shape index (κ1) is 18.0. The Bertz CT molecular complexity index is 782. The lowest BCUT2D eigenvalue weighted by molar-refractivity contribution is 0.0951. The van der Waals surface area contributed by atoms with Gasteiger partial charge >= 0.3 is 0 Å². The van der Waals surface area contributed by atoms with E-state index in [1.54, 1.807) is 6.20 Å². The first-order valence-corrected chi connectivity index (χ1v) is 10.2. The fraction of sp³-hybridized carbons (Fsp3) is 0.500. The molecular formula is C22H28N4O. The number of nitrogens with zero attached hydrogens (tertiary/aromatic N) is 3. The third kappa shape index (κ3) is 4.29. The highest BCUT2D eigenvalue weighted by molar-refractivity contribution is 5.99. The summed E-state index contributed by atoms with van der Waals surface area (Å²) in [7, 11) is 2.07. The number of hydrogen-bond donors (Lipinski definition) is 1. The van der Waals surface area contributed by atoms with Crippen molar-refractivity contribution in [3.05, 3.63) is 42.1 Å². The van der Waals surface area contributed by atoms with Gasteiger partial charge in [-0.15, -0.1) is 0 Å². The minimum atomic E-state index is -0.0563. The van der Waals surface area contributed by atoms with E-state index in [4.69, 9.17) is 4.98 Å². The Labute approximate surface area is 161 Å². The van der Waals surface area contributed by atoms with Gasteiger partial charge in [-0.3, -0.25) is 4.79 Å². The van der Waals surface area contributed by atoms with Gasteiger partial charge in [0.05, 0.1) is 0 Å². The lowest BCUT2D eigenvalue weighted by Gasteiger charge is -2.33. The molecule has 142 valence electrons. The molecule has 2 aromatic rings. The molecule has 0 aliphatic heterocycles. The SMILES string of the molecule is CN(c1nc(-c2ccccc2)ncc1C(=O)NCC1CC1)C1CCCCC1.